The first kappa shape index (κ1) is 16.5. The maximum absolute atomic E-state index is 11.9. The summed E-state index contributed by atoms with van der Waals surface area (Å²) in [5.74, 6) is 0.850. The number of aliphatic hydroxyl groups is 1. The molecule has 0 saturated carbocycles. The number of hydrogen-bond acceptors (Lipinski definition) is 7. The van der Waals surface area contributed by atoms with Crippen molar-refractivity contribution in [1.82, 2.24) is 15.3 Å². The minimum Gasteiger partial charge on any atom is -0.497 e. The normalized spacial score (nSPS) is 11.6. The number of ether oxygens (including phenoxy) is 2. The summed E-state index contributed by atoms with van der Waals surface area (Å²) >= 11 is 0. The molecule has 23 heavy (non-hydrogen) atoms. The third-order valence-electron chi connectivity index (χ3n) is 2.97. The van der Waals surface area contributed by atoms with E-state index in [0.29, 0.717) is 11.5 Å². The van der Waals surface area contributed by atoms with Crippen LogP contribution in [0.1, 0.15) is 10.4 Å². The molecule has 122 valence electrons. The SMILES string of the molecule is COc1cccc(OCC(O)CNC(=O)c2cncnc2N)c1. The zero-order chi connectivity index (χ0) is 16.7. The second-order valence-corrected chi connectivity index (χ2v) is 4.68. The number of nitrogens with one attached hydrogen (secondary N) is 1. The molecule has 0 aliphatic rings. The van der Waals surface area contributed by atoms with Gasteiger partial charge in [-0.05, 0) is 12.1 Å². The number of amides is 1. The van der Waals surface area contributed by atoms with Crippen LogP contribution in [0.4, 0.5) is 5.82 Å². The van der Waals surface area contributed by atoms with Crippen LogP contribution in [0.5, 0.6) is 11.5 Å². The number of aromatic nitrogens is 2. The molecule has 1 unspecified atom stereocenters. The first-order chi connectivity index (χ1) is 11.1. The van der Waals surface area contributed by atoms with Gasteiger partial charge in [0.2, 0.25) is 0 Å². The van der Waals surface area contributed by atoms with Crippen molar-refractivity contribution < 1.29 is 19.4 Å². The molecule has 0 aliphatic carbocycles. The largest absolute Gasteiger partial charge is 0.497 e. The van der Waals surface area contributed by atoms with Crippen molar-refractivity contribution in [2.24, 2.45) is 0 Å². The van der Waals surface area contributed by atoms with Gasteiger partial charge in [-0.25, -0.2) is 9.97 Å². The lowest BCUT2D eigenvalue weighted by atomic mass is 10.2. The molecule has 1 atom stereocenters. The molecule has 0 fully saturated rings. The zero-order valence-corrected chi connectivity index (χ0v) is 12.6. The van der Waals surface area contributed by atoms with Gasteiger partial charge >= 0.3 is 0 Å². The van der Waals surface area contributed by atoms with Gasteiger partial charge in [-0.1, -0.05) is 6.07 Å². The van der Waals surface area contributed by atoms with Crippen LogP contribution < -0.4 is 20.5 Å². The van der Waals surface area contributed by atoms with Crippen molar-refractivity contribution >= 4 is 11.7 Å². The molecule has 2 rings (SSSR count). The Hall–Kier alpha value is -2.87. The van der Waals surface area contributed by atoms with Gasteiger partial charge in [-0.15, -0.1) is 0 Å². The van der Waals surface area contributed by atoms with Crippen LogP contribution in [0.3, 0.4) is 0 Å². The Morgan fingerprint density at radius 1 is 1.43 bits per heavy atom. The lowest BCUT2D eigenvalue weighted by molar-refractivity contribution is 0.0843. The van der Waals surface area contributed by atoms with E-state index in [-0.39, 0.29) is 24.5 Å². The molecular weight excluding hydrogens is 300 g/mol. The second kappa shape index (κ2) is 7.95. The van der Waals surface area contributed by atoms with E-state index in [1.165, 1.54) is 12.5 Å². The predicted octanol–water partition coefficient (Wildman–Crippen LogP) is 0.237. The first-order valence-corrected chi connectivity index (χ1v) is 6.88. The molecule has 0 aliphatic heterocycles. The molecule has 2 aromatic rings. The van der Waals surface area contributed by atoms with Crippen LogP contribution in [-0.2, 0) is 0 Å². The molecule has 8 nitrogen and oxygen atoms in total. The Bertz CT molecular complexity index is 665. The van der Waals surface area contributed by atoms with E-state index in [4.69, 9.17) is 15.2 Å². The van der Waals surface area contributed by atoms with Crippen molar-refractivity contribution in [3.63, 3.8) is 0 Å². The highest BCUT2D eigenvalue weighted by atomic mass is 16.5. The molecule has 1 heterocycles. The number of hydrogen-bond donors (Lipinski definition) is 3. The smallest absolute Gasteiger partial charge is 0.256 e. The van der Waals surface area contributed by atoms with Gasteiger partial charge in [0.05, 0.1) is 12.7 Å². The summed E-state index contributed by atoms with van der Waals surface area (Å²) < 4.78 is 10.5. The van der Waals surface area contributed by atoms with Gasteiger partial charge < -0.3 is 25.6 Å². The maximum atomic E-state index is 11.9. The van der Waals surface area contributed by atoms with Crippen LogP contribution in [0.15, 0.2) is 36.8 Å². The maximum Gasteiger partial charge on any atom is 0.256 e. The van der Waals surface area contributed by atoms with Crippen molar-refractivity contribution in [3.05, 3.63) is 42.4 Å². The highest BCUT2D eigenvalue weighted by Crippen LogP contribution is 2.18. The number of benzene rings is 1. The van der Waals surface area contributed by atoms with E-state index in [1.54, 1.807) is 31.4 Å². The molecule has 0 saturated heterocycles. The summed E-state index contributed by atoms with van der Waals surface area (Å²) in [5.41, 5.74) is 5.74. The zero-order valence-electron chi connectivity index (χ0n) is 12.6. The minimum absolute atomic E-state index is 0.0110. The lowest BCUT2D eigenvalue weighted by Gasteiger charge is -2.14. The number of aliphatic hydroxyl groups excluding tert-OH is 1. The fraction of sp³-hybridized carbons (Fsp3) is 0.267. The Kier molecular flexibility index (Phi) is 5.70. The summed E-state index contributed by atoms with van der Waals surface area (Å²) in [6, 6.07) is 7.01. The van der Waals surface area contributed by atoms with Gasteiger partial charge in [0, 0.05) is 18.8 Å². The van der Waals surface area contributed by atoms with Gasteiger partial charge in [0.1, 0.15) is 36.4 Å². The number of nitrogens with two attached hydrogens (primary N) is 1. The summed E-state index contributed by atoms with van der Waals surface area (Å²) in [6.07, 6.45) is 1.69. The topological polar surface area (TPSA) is 120 Å². The summed E-state index contributed by atoms with van der Waals surface area (Å²) in [5, 5.41) is 12.4. The van der Waals surface area contributed by atoms with E-state index in [9.17, 15) is 9.90 Å². The van der Waals surface area contributed by atoms with Crippen molar-refractivity contribution in [2.75, 3.05) is 26.0 Å². The highest BCUT2D eigenvalue weighted by Gasteiger charge is 2.13. The third kappa shape index (κ3) is 4.82. The molecule has 0 radical (unpaired) electrons. The van der Waals surface area contributed by atoms with Crippen molar-refractivity contribution in [2.45, 2.75) is 6.10 Å². The average molecular weight is 318 g/mol. The number of anilines is 1. The number of nitrogen functional groups attached to an aromatic ring is 1. The van der Waals surface area contributed by atoms with Crippen LogP contribution in [0.2, 0.25) is 0 Å². The number of carbonyl (C=O) groups excluding carboxylic acids is 1. The number of rotatable bonds is 7. The molecule has 1 amide bonds. The van der Waals surface area contributed by atoms with E-state index in [2.05, 4.69) is 15.3 Å². The van der Waals surface area contributed by atoms with E-state index in [1.807, 2.05) is 0 Å². The van der Waals surface area contributed by atoms with Crippen LogP contribution in [0, 0.1) is 0 Å². The molecule has 1 aromatic heterocycles. The van der Waals surface area contributed by atoms with E-state index < -0.39 is 12.0 Å². The van der Waals surface area contributed by atoms with Gasteiger partial charge in [-0.3, -0.25) is 4.79 Å². The van der Waals surface area contributed by atoms with E-state index in [0.717, 1.165) is 0 Å². The number of methoxy groups -OCH3 is 1. The monoisotopic (exact) mass is 318 g/mol. The Morgan fingerprint density at radius 3 is 2.96 bits per heavy atom. The molecule has 8 heteroatoms. The minimum atomic E-state index is -0.879. The average Bonchev–Trinajstić information content (AvgIpc) is 2.58. The Morgan fingerprint density at radius 2 is 2.22 bits per heavy atom. The van der Waals surface area contributed by atoms with Crippen LogP contribution in [0.25, 0.3) is 0 Å². The molecule has 4 N–H and O–H groups in total. The number of nitrogens with zero attached hydrogens (tertiary/aromatic N) is 2. The first-order valence-electron chi connectivity index (χ1n) is 6.88. The number of carbonyl (C=O) groups is 1. The van der Waals surface area contributed by atoms with Gasteiger partial charge in [-0.2, -0.15) is 0 Å². The quantitative estimate of drug-likeness (QED) is 0.668. The summed E-state index contributed by atoms with van der Waals surface area (Å²) in [4.78, 5) is 19.3. The summed E-state index contributed by atoms with van der Waals surface area (Å²) in [7, 11) is 1.56. The summed E-state index contributed by atoms with van der Waals surface area (Å²) in [6.45, 7) is 0.0331. The third-order valence-corrected chi connectivity index (χ3v) is 2.97. The van der Waals surface area contributed by atoms with Gasteiger partial charge in [0.15, 0.2) is 0 Å². The Balaban J connectivity index is 1.80. The fourth-order valence-electron chi connectivity index (χ4n) is 1.76. The fourth-order valence-corrected chi connectivity index (χ4v) is 1.76. The molecular formula is C15H18N4O4. The van der Waals surface area contributed by atoms with E-state index >= 15 is 0 Å². The molecule has 1 aromatic carbocycles. The molecule has 0 bridgehead atoms. The Labute approximate surface area is 133 Å². The van der Waals surface area contributed by atoms with Crippen LogP contribution in [-0.4, -0.2) is 47.3 Å². The highest BCUT2D eigenvalue weighted by molar-refractivity contribution is 5.97. The van der Waals surface area contributed by atoms with Crippen molar-refractivity contribution in [1.29, 1.82) is 0 Å². The standard InChI is InChI=1S/C15H18N4O4/c1-22-11-3-2-4-12(5-11)23-8-10(20)6-18-15(21)13-7-17-9-19-14(13)16/h2-5,7,9-10,20H,6,8H2,1H3,(H,18,21)(H2,16,17,19). The second-order valence-electron chi connectivity index (χ2n) is 4.68. The van der Waals surface area contributed by atoms with Crippen LogP contribution >= 0.6 is 0 Å². The van der Waals surface area contributed by atoms with Crippen molar-refractivity contribution in [3.8, 4) is 11.5 Å². The lowest BCUT2D eigenvalue weighted by Crippen LogP contribution is -2.35. The predicted molar refractivity (Wildman–Crippen MR) is 83.3 cm³/mol. The molecule has 0 spiro atoms. The van der Waals surface area contributed by atoms with Gasteiger partial charge in [0.25, 0.3) is 5.91 Å².